The number of nitrogens with zero attached hydrogens (tertiary/aromatic N) is 3. The van der Waals surface area contributed by atoms with E-state index in [4.69, 9.17) is 11.5 Å². The lowest BCUT2D eigenvalue weighted by atomic mass is 10.1. The highest BCUT2D eigenvalue weighted by Crippen LogP contribution is 2.29. The first-order chi connectivity index (χ1) is 8.27. The standard InChI is InChI=1S/C12H15N5/c13-9-5-2-1-4-8(9)11-15-16-12-10(14)6-3-7-17(11)12/h1-2,4-5,10H,3,6-7,13-14H2. The Morgan fingerprint density at radius 2 is 2.06 bits per heavy atom. The summed E-state index contributed by atoms with van der Waals surface area (Å²) in [5, 5.41) is 8.42. The summed E-state index contributed by atoms with van der Waals surface area (Å²) in [4.78, 5) is 0. The van der Waals surface area contributed by atoms with Crippen LogP contribution in [0.2, 0.25) is 0 Å². The third-order valence-electron chi connectivity index (χ3n) is 3.21. The second-order valence-electron chi connectivity index (χ2n) is 4.37. The number of anilines is 1. The molecule has 17 heavy (non-hydrogen) atoms. The predicted octanol–water partition coefficient (Wildman–Crippen LogP) is 1.32. The minimum atomic E-state index is -0.00469. The highest BCUT2D eigenvalue weighted by atomic mass is 15.3. The summed E-state index contributed by atoms with van der Waals surface area (Å²) in [6.07, 6.45) is 2.04. The molecule has 0 saturated carbocycles. The highest BCUT2D eigenvalue weighted by molar-refractivity contribution is 5.71. The molecule has 1 aliphatic rings. The summed E-state index contributed by atoms with van der Waals surface area (Å²) in [6.45, 7) is 0.916. The molecule has 0 fully saturated rings. The van der Waals surface area contributed by atoms with Crippen molar-refractivity contribution in [3.8, 4) is 11.4 Å². The molecular weight excluding hydrogens is 214 g/mol. The van der Waals surface area contributed by atoms with Gasteiger partial charge in [0, 0.05) is 17.8 Å². The fourth-order valence-electron chi connectivity index (χ4n) is 2.31. The molecule has 5 heteroatoms. The van der Waals surface area contributed by atoms with Crippen molar-refractivity contribution in [2.75, 3.05) is 5.73 Å². The summed E-state index contributed by atoms with van der Waals surface area (Å²) in [7, 11) is 0. The van der Waals surface area contributed by atoms with Crippen molar-refractivity contribution < 1.29 is 0 Å². The van der Waals surface area contributed by atoms with Crippen LogP contribution in [0.1, 0.15) is 24.7 Å². The lowest BCUT2D eigenvalue weighted by molar-refractivity contribution is 0.454. The number of nitrogens with two attached hydrogens (primary N) is 2. The lowest BCUT2D eigenvalue weighted by Gasteiger charge is -2.20. The minimum Gasteiger partial charge on any atom is -0.398 e. The zero-order chi connectivity index (χ0) is 11.8. The maximum absolute atomic E-state index is 6.02. The molecule has 5 nitrogen and oxygen atoms in total. The monoisotopic (exact) mass is 229 g/mol. The van der Waals surface area contributed by atoms with Crippen molar-refractivity contribution in [1.82, 2.24) is 14.8 Å². The van der Waals surface area contributed by atoms with Crippen molar-refractivity contribution in [1.29, 1.82) is 0 Å². The molecule has 0 radical (unpaired) electrons. The van der Waals surface area contributed by atoms with Crippen LogP contribution in [0.5, 0.6) is 0 Å². The van der Waals surface area contributed by atoms with E-state index in [1.165, 1.54) is 0 Å². The fraction of sp³-hybridized carbons (Fsp3) is 0.333. The average Bonchev–Trinajstić information content (AvgIpc) is 2.75. The van der Waals surface area contributed by atoms with Crippen LogP contribution in [0, 0.1) is 0 Å². The van der Waals surface area contributed by atoms with Gasteiger partial charge in [0.05, 0.1) is 6.04 Å². The first-order valence-corrected chi connectivity index (χ1v) is 5.81. The molecule has 2 heterocycles. The molecule has 88 valence electrons. The normalized spacial score (nSPS) is 19.0. The largest absolute Gasteiger partial charge is 0.398 e. The molecule has 4 N–H and O–H groups in total. The van der Waals surface area contributed by atoms with Gasteiger partial charge in [-0.25, -0.2) is 0 Å². The van der Waals surface area contributed by atoms with Gasteiger partial charge in [0.25, 0.3) is 0 Å². The second-order valence-corrected chi connectivity index (χ2v) is 4.37. The number of hydrogen-bond donors (Lipinski definition) is 2. The zero-order valence-corrected chi connectivity index (χ0v) is 9.50. The van der Waals surface area contributed by atoms with Gasteiger partial charge in [0.2, 0.25) is 0 Å². The number of benzene rings is 1. The summed E-state index contributed by atoms with van der Waals surface area (Å²) >= 11 is 0. The topological polar surface area (TPSA) is 82.8 Å². The van der Waals surface area contributed by atoms with Crippen molar-refractivity contribution in [3.63, 3.8) is 0 Å². The zero-order valence-electron chi connectivity index (χ0n) is 9.50. The van der Waals surface area contributed by atoms with Gasteiger partial charge >= 0.3 is 0 Å². The van der Waals surface area contributed by atoms with Crippen molar-refractivity contribution in [2.45, 2.75) is 25.4 Å². The number of hydrogen-bond acceptors (Lipinski definition) is 4. The van der Waals surface area contributed by atoms with E-state index in [1.54, 1.807) is 0 Å². The van der Waals surface area contributed by atoms with Crippen LogP contribution in [0.25, 0.3) is 11.4 Å². The Kier molecular flexibility index (Phi) is 2.33. The van der Waals surface area contributed by atoms with Crippen LogP contribution >= 0.6 is 0 Å². The van der Waals surface area contributed by atoms with Crippen molar-refractivity contribution in [3.05, 3.63) is 30.1 Å². The van der Waals surface area contributed by atoms with Crippen LogP contribution in [0.4, 0.5) is 5.69 Å². The summed E-state index contributed by atoms with van der Waals surface area (Å²) in [6, 6.07) is 7.70. The van der Waals surface area contributed by atoms with Gasteiger partial charge in [-0.2, -0.15) is 0 Å². The van der Waals surface area contributed by atoms with E-state index in [0.29, 0.717) is 0 Å². The van der Waals surface area contributed by atoms with Gasteiger partial charge in [-0.05, 0) is 25.0 Å². The molecule has 0 aliphatic carbocycles. The van der Waals surface area contributed by atoms with Crippen molar-refractivity contribution >= 4 is 5.69 Å². The number of para-hydroxylation sites is 1. The summed E-state index contributed by atoms with van der Waals surface area (Å²) in [5.74, 6) is 1.70. The molecule has 0 spiro atoms. The molecule has 1 aromatic heterocycles. The second kappa shape index (κ2) is 3.85. The molecule has 2 aromatic rings. The Morgan fingerprint density at radius 3 is 2.88 bits per heavy atom. The van der Waals surface area contributed by atoms with Crippen LogP contribution in [0.3, 0.4) is 0 Å². The van der Waals surface area contributed by atoms with Gasteiger partial charge in [-0.3, -0.25) is 0 Å². The molecule has 1 unspecified atom stereocenters. The quantitative estimate of drug-likeness (QED) is 0.722. The van der Waals surface area contributed by atoms with Crippen LogP contribution in [-0.2, 0) is 6.54 Å². The number of nitrogen functional groups attached to an aromatic ring is 1. The maximum atomic E-state index is 6.02. The van der Waals surface area contributed by atoms with Crippen LogP contribution in [-0.4, -0.2) is 14.8 Å². The molecule has 0 bridgehead atoms. The first kappa shape index (κ1) is 10.3. The SMILES string of the molecule is Nc1ccccc1-c1nnc2n1CCCC2N. The third-order valence-corrected chi connectivity index (χ3v) is 3.21. The Hall–Kier alpha value is -1.88. The van der Waals surface area contributed by atoms with E-state index in [0.717, 1.165) is 42.3 Å². The molecule has 1 aromatic carbocycles. The van der Waals surface area contributed by atoms with E-state index in [1.807, 2.05) is 24.3 Å². The average molecular weight is 229 g/mol. The van der Waals surface area contributed by atoms with E-state index in [2.05, 4.69) is 14.8 Å². The first-order valence-electron chi connectivity index (χ1n) is 5.81. The summed E-state index contributed by atoms with van der Waals surface area (Å²) < 4.78 is 2.08. The molecular formula is C12H15N5. The van der Waals surface area contributed by atoms with Gasteiger partial charge in [0.15, 0.2) is 5.82 Å². The molecule has 0 amide bonds. The van der Waals surface area contributed by atoms with E-state index in [-0.39, 0.29) is 6.04 Å². The summed E-state index contributed by atoms with van der Waals surface area (Å²) in [5.41, 5.74) is 13.6. The van der Waals surface area contributed by atoms with E-state index in [9.17, 15) is 0 Å². The Labute approximate surface area is 99.4 Å². The Balaban J connectivity index is 2.14. The predicted molar refractivity (Wildman–Crippen MR) is 66.0 cm³/mol. The minimum absolute atomic E-state index is 0.00469. The third kappa shape index (κ3) is 1.59. The lowest BCUT2D eigenvalue weighted by Crippen LogP contribution is -2.22. The van der Waals surface area contributed by atoms with Gasteiger partial charge in [-0.15, -0.1) is 10.2 Å². The molecule has 3 rings (SSSR count). The van der Waals surface area contributed by atoms with Crippen LogP contribution in [0.15, 0.2) is 24.3 Å². The number of aromatic nitrogens is 3. The Morgan fingerprint density at radius 1 is 1.24 bits per heavy atom. The maximum Gasteiger partial charge on any atom is 0.166 e. The highest BCUT2D eigenvalue weighted by Gasteiger charge is 2.23. The molecule has 1 atom stereocenters. The van der Waals surface area contributed by atoms with Gasteiger partial charge in [-0.1, -0.05) is 12.1 Å². The van der Waals surface area contributed by atoms with E-state index < -0.39 is 0 Å². The van der Waals surface area contributed by atoms with E-state index >= 15 is 0 Å². The fourth-order valence-corrected chi connectivity index (χ4v) is 2.31. The smallest absolute Gasteiger partial charge is 0.166 e. The molecule has 1 aliphatic heterocycles. The Bertz CT molecular complexity index is 546. The van der Waals surface area contributed by atoms with Crippen molar-refractivity contribution in [2.24, 2.45) is 5.73 Å². The van der Waals surface area contributed by atoms with Crippen LogP contribution < -0.4 is 11.5 Å². The number of rotatable bonds is 1. The van der Waals surface area contributed by atoms with Gasteiger partial charge < -0.3 is 16.0 Å². The molecule has 0 saturated heterocycles. The van der Waals surface area contributed by atoms with Gasteiger partial charge in [0.1, 0.15) is 5.82 Å². The number of fused-ring (bicyclic) bond motifs is 1.